The van der Waals surface area contributed by atoms with E-state index >= 15 is 0 Å². The number of esters is 1. The monoisotopic (exact) mass is 247 g/mol. The summed E-state index contributed by atoms with van der Waals surface area (Å²) in [6.45, 7) is 4.71. The van der Waals surface area contributed by atoms with Gasteiger partial charge in [-0.1, -0.05) is 0 Å². The average molecular weight is 247 g/mol. The Labute approximate surface area is 101 Å². The van der Waals surface area contributed by atoms with E-state index in [4.69, 9.17) is 9.47 Å². The first-order valence-electron chi connectivity index (χ1n) is 5.84. The molecule has 1 atom stereocenters. The molecule has 1 aliphatic rings. The van der Waals surface area contributed by atoms with Gasteiger partial charge in [-0.3, -0.25) is 0 Å². The molecular weight excluding hydrogens is 226 g/mol. The van der Waals surface area contributed by atoms with Gasteiger partial charge in [0.1, 0.15) is 6.61 Å². The predicted octanol–water partition coefficient (Wildman–Crippen LogP) is 0.909. The highest BCUT2D eigenvalue weighted by molar-refractivity contribution is 7.99. The van der Waals surface area contributed by atoms with Crippen molar-refractivity contribution < 1.29 is 14.3 Å². The van der Waals surface area contributed by atoms with Crippen LogP contribution >= 0.6 is 11.8 Å². The highest BCUT2D eigenvalue weighted by atomic mass is 32.2. The second-order valence-corrected chi connectivity index (χ2v) is 4.94. The first-order valence-corrected chi connectivity index (χ1v) is 7.00. The highest BCUT2D eigenvalue weighted by Crippen LogP contribution is 2.22. The molecule has 16 heavy (non-hydrogen) atoms. The molecule has 1 unspecified atom stereocenters. The van der Waals surface area contributed by atoms with Crippen molar-refractivity contribution in [1.29, 1.82) is 0 Å². The van der Waals surface area contributed by atoms with Crippen molar-refractivity contribution in [1.82, 2.24) is 5.32 Å². The number of hydrogen-bond acceptors (Lipinski definition) is 5. The molecule has 1 saturated heterocycles. The smallest absolute Gasteiger partial charge is 0.332 e. The summed E-state index contributed by atoms with van der Waals surface area (Å²) in [5.41, 5.74) is 0. The van der Waals surface area contributed by atoms with Crippen LogP contribution in [0.1, 0.15) is 13.3 Å². The van der Waals surface area contributed by atoms with Gasteiger partial charge >= 0.3 is 5.97 Å². The van der Waals surface area contributed by atoms with Gasteiger partial charge in [0.25, 0.3) is 0 Å². The summed E-state index contributed by atoms with van der Waals surface area (Å²) in [5.74, 6) is 3.10. The van der Waals surface area contributed by atoms with Crippen molar-refractivity contribution >= 4 is 17.7 Å². The first kappa shape index (κ1) is 13.8. The van der Waals surface area contributed by atoms with E-state index in [1.807, 2.05) is 11.8 Å². The largest absolute Gasteiger partial charge is 0.464 e. The van der Waals surface area contributed by atoms with Gasteiger partial charge in [-0.05, 0) is 37.3 Å². The van der Waals surface area contributed by atoms with Gasteiger partial charge in [-0.2, -0.15) is 11.8 Å². The Morgan fingerprint density at radius 2 is 2.44 bits per heavy atom. The molecule has 94 valence electrons. The second-order valence-electron chi connectivity index (χ2n) is 3.79. The first-order chi connectivity index (χ1) is 7.83. The summed E-state index contributed by atoms with van der Waals surface area (Å²) >= 11 is 2.03. The minimum atomic E-state index is -0.283. The Hall–Kier alpha value is -0.260. The van der Waals surface area contributed by atoms with Gasteiger partial charge in [0, 0.05) is 6.54 Å². The third-order valence-electron chi connectivity index (χ3n) is 2.41. The number of ether oxygens (including phenoxy) is 2. The number of carbonyl (C=O) groups is 1. The lowest BCUT2D eigenvalue weighted by Gasteiger charge is -2.09. The van der Waals surface area contributed by atoms with Crippen LogP contribution in [0.25, 0.3) is 0 Å². The van der Waals surface area contributed by atoms with Crippen LogP contribution in [0.15, 0.2) is 0 Å². The maximum atomic E-state index is 10.9. The normalized spacial score (nSPS) is 19.9. The third-order valence-corrected chi connectivity index (χ3v) is 3.64. The number of rotatable bonds is 8. The molecule has 0 aromatic rings. The molecule has 1 heterocycles. The van der Waals surface area contributed by atoms with E-state index in [1.165, 1.54) is 17.9 Å². The van der Waals surface area contributed by atoms with Crippen molar-refractivity contribution in [2.45, 2.75) is 13.3 Å². The Kier molecular flexibility index (Phi) is 7.63. The van der Waals surface area contributed by atoms with Gasteiger partial charge in [-0.15, -0.1) is 0 Å². The average Bonchev–Trinajstić information content (AvgIpc) is 2.76. The van der Waals surface area contributed by atoms with Gasteiger partial charge in [0.2, 0.25) is 0 Å². The summed E-state index contributed by atoms with van der Waals surface area (Å²) in [7, 11) is 0. The van der Waals surface area contributed by atoms with E-state index < -0.39 is 0 Å². The van der Waals surface area contributed by atoms with E-state index in [0.717, 1.165) is 19.0 Å². The van der Waals surface area contributed by atoms with Crippen molar-refractivity contribution in [3.05, 3.63) is 0 Å². The summed E-state index contributed by atoms with van der Waals surface area (Å²) in [4.78, 5) is 10.9. The molecule has 1 N–H and O–H groups in total. The zero-order valence-electron chi connectivity index (χ0n) is 9.87. The molecule has 0 amide bonds. The van der Waals surface area contributed by atoms with Gasteiger partial charge in [-0.25, -0.2) is 4.79 Å². The zero-order chi connectivity index (χ0) is 11.6. The van der Waals surface area contributed by atoms with Crippen molar-refractivity contribution in [2.75, 3.05) is 44.4 Å². The number of hydrogen-bond donors (Lipinski definition) is 1. The molecule has 0 bridgehead atoms. The van der Waals surface area contributed by atoms with Crippen LogP contribution in [0.3, 0.4) is 0 Å². The van der Waals surface area contributed by atoms with Crippen LogP contribution < -0.4 is 5.32 Å². The van der Waals surface area contributed by atoms with Crippen LogP contribution in [-0.2, 0) is 14.3 Å². The van der Waals surface area contributed by atoms with Crippen LogP contribution in [0.2, 0.25) is 0 Å². The lowest BCUT2D eigenvalue weighted by atomic mass is 10.1. The maximum Gasteiger partial charge on any atom is 0.332 e. The van der Waals surface area contributed by atoms with E-state index in [9.17, 15) is 4.79 Å². The molecule has 4 nitrogen and oxygen atoms in total. The predicted molar refractivity (Wildman–Crippen MR) is 65.8 cm³/mol. The van der Waals surface area contributed by atoms with Crippen LogP contribution in [-0.4, -0.2) is 50.4 Å². The lowest BCUT2D eigenvalue weighted by Crippen LogP contribution is -2.27. The van der Waals surface area contributed by atoms with Gasteiger partial charge < -0.3 is 14.8 Å². The fourth-order valence-electron chi connectivity index (χ4n) is 1.55. The SMILES string of the molecule is CCOC(=O)COCCNCC1CCSC1. The van der Waals surface area contributed by atoms with Crippen LogP contribution in [0.5, 0.6) is 0 Å². The van der Waals surface area contributed by atoms with Crippen molar-refractivity contribution in [3.63, 3.8) is 0 Å². The van der Waals surface area contributed by atoms with Crippen LogP contribution in [0, 0.1) is 5.92 Å². The summed E-state index contributed by atoms with van der Waals surface area (Å²) in [6.07, 6.45) is 1.32. The molecule has 0 radical (unpaired) electrons. The standard InChI is InChI=1S/C11H21NO3S/c1-2-15-11(13)8-14-5-4-12-7-10-3-6-16-9-10/h10,12H,2-9H2,1H3. The second kappa shape index (κ2) is 8.84. The molecule has 0 aromatic carbocycles. The fraction of sp³-hybridized carbons (Fsp3) is 0.909. The Morgan fingerprint density at radius 3 is 3.12 bits per heavy atom. The fourth-order valence-corrected chi connectivity index (χ4v) is 2.84. The van der Waals surface area contributed by atoms with Gasteiger partial charge in [0.15, 0.2) is 0 Å². The molecule has 0 spiro atoms. The minimum Gasteiger partial charge on any atom is -0.464 e. The third kappa shape index (κ3) is 6.35. The maximum absolute atomic E-state index is 10.9. The molecule has 0 saturated carbocycles. The summed E-state index contributed by atoms with van der Waals surface area (Å²) in [5, 5.41) is 3.34. The lowest BCUT2D eigenvalue weighted by molar-refractivity contribution is -0.148. The number of thioether (sulfide) groups is 1. The highest BCUT2D eigenvalue weighted by Gasteiger charge is 2.14. The Balaban J connectivity index is 1.82. The van der Waals surface area contributed by atoms with Gasteiger partial charge in [0.05, 0.1) is 13.2 Å². The Morgan fingerprint density at radius 1 is 1.56 bits per heavy atom. The van der Waals surface area contributed by atoms with Crippen molar-refractivity contribution in [2.24, 2.45) is 5.92 Å². The topological polar surface area (TPSA) is 47.6 Å². The van der Waals surface area contributed by atoms with E-state index in [0.29, 0.717) is 13.2 Å². The Bertz CT molecular complexity index is 196. The van der Waals surface area contributed by atoms with E-state index in [1.54, 1.807) is 6.92 Å². The molecule has 5 heteroatoms. The number of carbonyl (C=O) groups excluding carboxylic acids is 1. The summed E-state index contributed by atoms with van der Waals surface area (Å²) in [6, 6.07) is 0. The van der Waals surface area contributed by atoms with E-state index in [2.05, 4.69) is 5.32 Å². The quantitative estimate of drug-likeness (QED) is 0.510. The minimum absolute atomic E-state index is 0.0643. The molecule has 1 aliphatic heterocycles. The molecule has 0 aliphatic carbocycles. The molecule has 1 rings (SSSR count). The summed E-state index contributed by atoms with van der Waals surface area (Å²) < 4.78 is 9.91. The van der Waals surface area contributed by atoms with E-state index in [-0.39, 0.29) is 12.6 Å². The van der Waals surface area contributed by atoms with Crippen LogP contribution in [0.4, 0.5) is 0 Å². The number of nitrogens with one attached hydrogen (secondary N) is 1. The zero-order valence-corrected chi connectivity index (χ0v) is 10.7. The molecule has 0 aromatic heterocycles. The molecular formula is C11H21NO3S. The van der Waals surface area contributed by atoms with Crippen molar-refractivity contribution in [3.8, 4) is 0 Å². The molecule has 1 fully saturated rings.